The van der Waals surface area contributed by atoms with Gasteiger partial charge in [-0.2, -0.15) is 0 Å². The molecule has 0 bridgehead atoms. The standard InChI is InChI=1S/C6H14O3Si/c1-2-4-8-5-3-6(7)9-10/h2-5H2,1,10H3. The highest BCUT2D eigenvalue weighted by Crippen LogP contribution is 1.86. The zero-order valence-electron chi connectivity index (χ0n) is 6.55. The minimum Gasteiger partial charge on any atom is -0.529 e. The summed E-state index contributed by atoms with van der Waals surface area (Å²) < 4.78 is 9.62. The van der Waals surface area contributed by atoms with Gasteiger partial charge in [0.15, 0.2) is 0 Å². The molecule has 10 heavy (non-hydrogen) atoms. The molecule has 60 valence electrons. The van der Waals surface area contributed by atoms with Gasteiger partial charge in [0.2, 0.25) is 10.5 Å². The van der Waals surface area contributed by atoms with Crippen molar-refractivity contribution in [3.63, 3.8) is 0 Å². The Kier molecular flexibility index (Phi) is 6.52. The Morgan fingerprint density at radius 1 is 1.50 bits per heavy atom. The Bertz CT molecular complexity index is 95.0. The second-order valence-corrected chi connectivity index (χ2v) is 2.35. The van der Waals surface area contributed by atoms with Gasteiger partial charge in [0.05, 0.1) is 13.0 Å². The summed E-state index contributed by atoms with van der Waals surface area (Å²) >= 11 is 0. The van der Waals surface area contributed by atoms with E-state index in [1.165, 1.54) is 0 Å². The largest absolute Gasteiger partial charge is 0.529 e. The van der Waals surface area contributed by atoms with Crippen LogP contribution in [0.3, 0.4) is 0 Å². The van der Waals surface area contributed by atoms with Gasteiger partial charge in [0.25, 0.3) is 5.97 Å². The monoisotopic (exact) mass is 162 g/mol. The highest BCUT2D eigenvalue weighted by Gasteiger charge is 1.96. The smallest absolute Gasteiger partial charge is 0.294 e. The predicted octanol–water partition coefficient (Wildman–Crippen LogP) is -0.373. The Morgan fingerprint density at radius 3 is 2.70 bits per heavy atom. The summed E-state index contributed by atoms with van der Waals surface area (Å²) in [6, 6.07) is 0. The van der Waals surface area contributed by atoms with E-state index in [0.717, 1.165) is 13.0 Å². The van der Waals surface area contributed by atoms with Gasteiger partial charge in [0, 0.05) is 6.61 Å². The highest BCUT2D eigenvalue weighted by atomic mass is 28.2. The van der Waals surface area contributed by atoms with Gasteiger partial charge in [-0.25, -0.2) is 0 Å². The average Bonchev–Trinajstić information content (AvgIpc) is 1.98. The van der Waals surface area contributed by atoms with Crippen LogP contribution in [-0.2, 0) is 14.0 Å². The van der Waals surface area contributed by atoms with Crippen LogP contribution in [0.1, 0.15) is 19.8 Å². The van der Waals surface area contributed by atoms with Crippen LogP contribution in [-0.4, -0.2) is 29.7 Å². The molecule has 0 atom stereocenters. The molecule has 0 aromatic heterocycles. The minimum absolute atomic E-state index is 0.150. The van der Waals surface area contributed by atoms with Crippen LogP contribution in [0.5, 0.6) is 0 Å². The van der Waals surface area contributed by atoms with Crippen molar-refractivity contribution in [2.75, 3.05) is 13.2 Å². The topological polar surface area (TPSA) is 35.5 Å². The maximum Gasteiger partial charge on any atom is 0.294 e. The molecule has 0 N–H and O–H groups in total. The molecule has 0 amide bonds. The average molecular weight is 162 g/mol. The third-order valence-corrected chi connectivity index (χ3v) is 1.48. The van der Waals surface area contributed by atoms with Crippen molar-refractivity contribution in [3.05, 3.63) is 0 Å². The number of ether oxygens (including phenoxy) is 1. The molecule has 0 unspecified atom stereocenters. The third kappa shape index (κ3) is 5.78. The van der Waals surface area contributed by atoms with Crippen LogP contribution in [0, 0.1) is 0 Å². The zero-order valence-corrected chi connectivity index (χ0v) is 8.55. The Hall–Kier alpha value is -0.353. The van der Waals surface area contributed by atoms with E-state index in [-0.39, 0.29) is 5.97 Å². The van der Waals surface area contributed by atoms with Crippen LogP contribution in [0.4, 0.5) is 0 Å². The first-order valence-electron chi connectivity index (χ1n) is 3.45. The molecule has 0 aliphatic rings. The van der Waals surface area contributed by atoms with Gasteiger partial charge in [-0.15, -0.1) is 0 Å². The van der Waals surface area contributed by atoms with E-state index in [2.05, 4.69) is 4.43 Å². The summed E-state index contributed by atoms with van der Waals surface area (Å²) in [5.74, 6) is -0.150. The van der Waals surface area contributed by atoms with E-state index >= 15 is 0 Å². The fourth-order valence-electron chi connectivity index (χ4n) is 0.504. The fraction of sp³-hybridized carbons (Fsp3) is 0.833. The molecule has 0 aromatic rings. The molecular formula is C6H14O3Si. The minimum atomic E-state index is -0.150. The molecule has 0 saturated heterocycles. The van der Waals surface area contributed by atoms with Gasteiger partial charge in [-0.3, -0.25) is 4.79 Å². The second kappa shape index (κ2) is 6.76. The molecule has 0 fully saturated rings. The van der Waals surface area contributed by atoms with Crippen LogP contribution in [0.25, 0.3) is 0 Å². The summed E-state index contributed by atoms with van der Waals surface area (Å²) in [5, 5.41) is 0. The van der Waals surface area contributed by atoms with E-state index in [9.17, 15) is 4.79 Å². The normalized spacial score (nSPS) is 9.70. The maximum absolute atomic E-state index is 10.5. The van der Waals surface area contributed by atoms with Crippen molar-refractivity contribution >= 4 is 16.5 Å². The molecule has 0 aliphatic heterocycles. The van der Waals surface area contributed by atoms with Crippen molar-refractivity contribution in [1.82, 2.24) is 0 Å². The lowest BCUT2D eigenvalue weighted by Crippen LogP contribution is -2.06. The van der Waals surface area contributed by atoms with E-state index in [1.54, 1.807) is 0 Å². The van der Waals surface area contributed by atoms with Crippen LogP contribution in [0.2, 0.25) is 0 Å². The molecule has 0 heterocycles. The molecule has 0 aliphatic carbocycles. The summed E-state index contributed by atoms with van der Waals surface area (Å²) in [5.41, 5.74) is 0. The van der Waals surface area contributed by atoms with Gasteiger partial charge in [0.1, 0.15) is 0 Å². The maximum atomic E-state index is 10.5. The van der Waals surface area contributed by atoms with Gasteiger partial charge in [-0.05, 0) is 6.42 Å². The Morgan fingerprint density at radius 2 is 2.20 bits per heavy atom. The SMILES string of the molecule is CCCOCCC(=O)O[SiH3]. The van der Waals surface area contributed by atoms with E-state index in [4.69, 9.17) is 4.74 Å². The fourth-order valence-corrected chi connectivity index (χ4v) is 0.708. The van der Waals surface area contributed by atoms with Crippen LogP contribution < -0.4 is 0 Å². The van der Waals surface area contributed by atoms with Crippen molar-refractivity contribution in [1.29, 1.82) is 0 Å². The van der Waals surface area contributed by atoms with E-state index in [0.29, 0.717) is 23.5 Å². The molecule has 3 nitrogen and oxygen atoms in total. The summed E-state index contributed by atoms with van der Waals surface area (Å²) in [4.78, 5) is 10.5. The van der Waals surface area contributed by atoms with Gasteiger partial charge in [-0.1, -0.05) is 6.92 Å². The number of carbonyl (C=O) groups excluding carboxylic acids is 1. The lowest BCUT2D eigenvalue weighted by Gasteiger charge is -2.00. The first kappa shape index (κ1) is 9.65. The van der Waals surface area contributed by atoms with Gasteiger partial charge < -0.3 is 9.16 Å². The van der Waals surface area contributed by atoms with E-state index in [1.807, 2.05) is 6.92 Å². The number of carbonyl (C=O) groups is 1. The predicted molar refractivity (Wildman–Crippen MR) is 41.8 cm³/mol. The van der Waals surface area contributed by atoms with Crippen molar-refractivity contribution < 1.29 is 14.0 Å². The summed E-state index contributed by atoms with van der Waals surface area (Å²) in [6.45, 7) is 3.26. The molecule has 0 radical (unpaired) electrons. The first-order chi connectivity index (χ1) is 4.81. The number of hydrogen-bond donors (Lipinski definition) is 0. The van der Waals surface area contributed by atoms with Gasteiger partial charge >= 0.3 is 0 Å². The van der Waals surface area contributed by atoms with Crippen molar-refractivity contribution in [2.24, 2.45) is 0 Å². The Labute approximate surface area is 64.2 Å². The lowest BCUT2D eigenvalue weighted by atomic mass is 10.5. The third-order valence-electron chi connectivity index (χ3n) is 1.03. The van der Waals surface area contributed by atoms with Crippen LogP contribution in [0.15, 0.2) is 0 Å². The van der Waals surface area contributed by atoms with Crippen molar-refractivity contribution in [2.45, 2.75) is 19.8 Å². The Balaban J connectivity index is 2.96. The molecule has 0 rings (SSSR count). The van der Waals surface area contributed by atoms with Crippen molar-refractivity contribution in [3.8, 4) is 0 Å². The quantitative estimate of drug-likeness (QED) is 0.408. The lowest BCUT2D eigenvalue weighted by molar-refractivity contribution is -0.135. The molecule has 0 aromatic carbocycles. The summed E-state index contributed by atoms with van der Waals surface area (Å²) in [6.07, 6.45) is 1.39. The summed E-state index contributed by atoms with van der Waals surface area (Å²) in [7, 11) is 0.487. The molecule has 0 saturated carbocycles. The van der Waals surface area contributed by atoms with Crippen LogP contribution >= 0.6 is 0 Å². The van der Waals surface area contributed by atoms with E-state index < -0.39 is 0 Å². The first-order valence-corrected chi connectivity index (χ1v) is 4.27. The number of hydrogen-bond acceptors (Lipinski definition) is 3. The second-order valence-electron chi connectivity index (χ2n) is 1.94. The molecule has 4 heteroatoms. The molecule has 0 spiro atoms. The highest BCUT2D eigenvalue weighted by molar-refractivity contribution is 6.05. The zero-order chi connectivity index (χ0) is 7.82. The molecular weight excluding hydrogens is 148 g/mol. The number of rotatable bonds is 5.